The molecule has 0 aliphatic carbocycles. The summed E-state index contributed by atoms with van der Waals surface area (Å²) in [6.45, 7) is 9.74. The third-order valence-corrected chi connectivity index (χ3v) is 5.61. The van der Waals surface area contributed by atoms with Crippen molar-refractivity contribution in [1.29, 1.82) is 0 Å². The number of urea groups is 1. The zero-order chi connectivity index (χ0) is 17.3. The Bertz CT molecular complexity index is 707. The van der Waals surface area contributed by atoms with Crippen LogP contribution in [-0.2, 0) is 12.0 Å². The number of carbonyl (C=O) groups excluding carboxylic acids is 1. The number of likely N-dealkylation sites (tertiary alicyclic amines) is 1. The molecular weight excluding hydrogens is 320 g/mol. The number of aromatic nitrogens is 2. The molecule has 0 saturated carbocycles. The Morgan fingerprint density at radius 3 is 2.58 bits per heavy atom. The molecule has 1 aromatic heterocycles. The maximum atomic E-state index is 12.5. The fraction of sp³-hybridized carbons (Fsp3) is 0.500. The molecule has 1 fully saturated rings. The maximum absolute atomic E-state index is 12.5. The smallest absolute Gasteiger partial charge is 0.318 e. The minimum Gasteiger partial charge on any atom is -0.331 e. The predicted octanol–water partition coefficient (Wildman–Crippen LogP) is 3.74. The van der Waals surface area contributed by atoms with E-state index in [0.29, 0.717) is 12.5 Å². The van der Waals surface area contributed by atoms with E-state index in [4.69, 9.17) is 0 Å². The number of hydrogen-bond acceptors (Lipinski definition) is 4. The van der Waals surface area contributed by atoms with Crippen LogP contribution in [0.5, 0.6) is 0 Å². The number of nitrogens with one attached hydrogen (secondary N) is 1. The van der Waals surface area contributed by atoms with Crippen LogP contribution in [0.1, 0.15) is 49.3 Å². The van der Waals surface area contributed by atoms with Gasteiger partial charge in [-0.1, -0.05) is 69.4 Å². The highest BCUT2D eigenvalue weighted by molar-refractivity contribution is 7.11. The quantitative estimate of drug-likeness (QED) is 0.923. The molecule has 2 unspecified atom stereocenters. The first-order valence-electron chi connectivity index (χ1n) is 8.28. The van der Waals surface area contributed by atoms with E-state index in [0.717, 1.165) is 16.6 Å². The molecule has 2 amide bonds. The number of hydrogen-bond donors (Lipinski definition) is 1. The van der Waals surface area contributed by atoms with E-state index in [2.05, 4.69) is 55.3 Å². The molecule has 2 aromatic rings. The third-order valence-electron chi connectivity index (χ3n) is 4.26. The molecule has 24 heavy (non-hydrogen) atoms. The molecule has 1 aliphatic rings. The average molecular weight is 344 g/mol. The van der Waals surface area contributed by atoms with E-state index in [1.54, 1.807) is 11.3 Å². The highest BCUT2D eigenvalue weighted by Gasteiger charge is 2.39. The van der Waals surface area contributed by atoms with Crippen molar-refractivity contribution < 1.29 is 4.79 Å². The summed E-state index contributed by atoms with van der Waals surface area (Å²) >= 11 is 1.56. The summed E-state index contributed by atoms with van der Waals surface area (Å²) in [6, 6.07) is 10.3. The van der Waals surface area contributed by atoms with Gasteiger partial charge in [0, 0.05) is 12.0 Å². The first kappa shape index (κ1) is 16.9. The van der Waals surface area contributed by atoms with Crippen molar-refractivity contribution in [3.63, 3.8) is 0 Å². The molecule has 0 spiro atoms. The van der Waals surface area contributed by atoms with Gasteiger partial charge in [-0.3, -0.25) is 0 Å². The van der Waals surface area contributed by atoms with Crippen LogP contribution in [0, 0.1) is 5.92 Å². The standard InChI is InChI=1S/C18H24N4OS/c1-12-11-22(15(12)13-8-6-5-7-9-13)17(23)19-10-14-20-21-16(24-14)18(2,3)4/h5-9,12,15H,10-11H2,1-4H3,(H,19,23). The normalized spacial score (nSPS) is 20.6. The summed E-state index contributed by atoms with van der Waals surface area (Å²) in [5.74, 6) is 0.479. The molecule has 0 radical (unpaired) electrons. The second-order valence-electron chi connectivity index (χ2n) is 7.39. The van der Waals surface area contributed by atoms with Crippen LogP contribution >= 0.6 is 11.3 Å². The van der Waals surface area contributed by atoms with Crippen molar-refractivity contribution in [3.8, 4) is 0 Å². The molecule has 2 atom stereocenters. The van der Waals surface area contributed by atoms with E-state index in [-0.39, 0.29) is 17.5 Å². The van der Waals surface area contributed by atoms with Gasteiger partial charge in [0.1, 0.15) is 10.0 Å². The number of rotatable bonds is 3. The maximum Gasteiger partial charge on any atom is 0.318 e. The lowest BCUT2D eigenvalue weighted by Crippen LogP contribution is -2.54. The molecule has 0 bridgehead atoms. The molecule has 5 nitrogen and oxygen atoms in total. The Kier molecular flexibility index (Phi) is 4.58. The Balaban J connectivity index is 1.60. The summed E-state index contributed by atoms with van der Waals surface area (Å²) in [7, 11) is 0. The lowest BCUT2D eigenvalue weighted by Gasteiger charge is -2.46. The minimum atomic E-state index is -0.0329. The van der Waals surface area contributed by atoms with Crippen molar-refractivity contribution in [2.24, 2.45) is 5.92 Å². The summed E-state index contributed by atoms with van der Waals surface area (Å²) in [6.07, 6.45) is 0. The minimum absolute atomic E-state index is 0.00870. The van der Waals surface area contributed by atoms with Gasteiger partial charge >= 0.3 is 6.03 Å². The monoisotopic (exact) mass is 344 g/mol. The van der Waals surface area contributed by atoms with Gasteiger partial charge in [0.05, 0.1) is 12.6 Å². The first-order valence-corrected chi connectivity index (χ1v) is 9.10. The number of carbonyl (C=O) groups is 1. The topological polar surface area (TPSA) is 58.1 Å². The fourth-order valence-corrected chi connectivity index (χ4v) is 3.78. The molecule has 1 saturated heterocycles. The Morgan fingerprint density at radius 1 is 1.29 bits per heavy atom. The molecule has 2 heterocycles. The van der Waals surface area contributed by atoms with Gasteiger partial charge in [0.15, 0.2) is 0 Å². The van der Waals surface area contributed by atoms with Crippen LogP contribution < -0.4 is 5.32 Å². The van der Waals surface area contributed by atoms with Crippen LogP contribution in [0.15, 0.2) is 30.3 Å². The van der Waals surface area contributed by atoms with Gasteiger partial charge < -0.3 is 10.2 Å². The Morgan fingerprint density at radius 2 is 2.00 bits per heavy atom. The average Bonchev–Trinajstić information content (AvgIpc) is 3.00. The zero-order valence-corrected chi connectivity index (χ0v) is 15.4. The highest BCUT2D eigenvalue weighted by atomic mass is 32.1. The van der Waals surface area contributed by atoms with Crippen LogP contribution in [0.25, 0.3) is 0 Å². The van der Waals surface area contributed by atoms with Gasteiger partial charge in [-0.05, 0) is 11.5 Å². The molecule has 128 valence electrons. The van der Waals surface area contributed by atoms with Crippen molar-refractivity contribution in [2.45, 2.75) is 45.7 Å². The summed E-state index contributed by atoms with van der Waals surface area (Å²) in [5, 5.41) is 13.2. The predicted molar refractivity (Wildman–Crippen MR) is 95.9 cm³/mol. The fourth-order valence-electron chi connectivity index (χ4n) is 2.94. The van der Waals surface area contributed by atoms with E-state index < -0.39 is 0 Å². The summed E-state index contributed by atoms with van der Waals surface area (Å²) < 4.78 is 0. The first-order chi connectivity index (χ1) is 11.4. The molecule has 1 aromatic carbocycles. The summed E-state index contributed by atoms with van der Waals surface area (Å²) in [4.78, 5) is 14.4. The highest BCUT2D eigenvalue weighted by Crippen LogP contribution is 2.38. The lowest BCUT2D eigenvalue weighted by molar-refractivity contribution is 0.0590. The molecule has 1 aliphatic heterocycles. The van der Waals surface area contributed by atoms with Gasteiger partial charge in [-0.15, -0.1) is 10.2 Å². The Hall–Kier alpha value is -1.95. The second kappa shape index (κ2) is 6.51. The van der Waals surface area contributed by atoms with E-state index in [9.17, 15) is 4.79 Å². The van der Waals surface area contributed by atoms with Crippen molar-refractivity contribution >= 4 is 17.4 Å². The van der Waals surface area contributed by atoms with E-state index >= 15 is 0 Å². The van der Waals surface area contributed by atoms with E-state index in [1.807, 2.05) is 23.1 Å². The van der Waals surface area contributed by atoms with Gasteiger partial charge in [-0.25, -0.2) is 4.79 Å². The lowest BCUT2D eigenvalue weighted by atomic mass is 9.85. The van der Waals surface area contributed by atoms with Gasteiger partial charge in [-0.2, -0.15) is 0 Å². The van der Waals surface area contributed by atoms with Gasteiger partial charge in [0.25, 0.3) is 0 Å². The van der Waals surface area contributed by atoms with Crippen LogP contribution in [-0.4, -0.2) is 27.7 Å². The summed E-state index contributed by atoms with van der Waals surface area (Å²) in [5.41, 5.74) is 1.18. The van der Waals surface area contributed by atoms with Crippen LogP contribution in [0.4, 0.5) is 4.79 Å². The van der Waals surface area contributed by atoms with Crippen molar-refractivity contribution in [1.82, 2.24) is 20.4 Å². The van der Waals surface area contributed by atoms with E-state index in [1.165, 1.54) is 5.56 Å². The van der Waals surface area contributed by atoms with Crippen LogP contribution in [0.2, 0.25) is 0 Å². The molecule has 1 N–H and O–H groups in total. The molecule has 3 rings (SSSR count). The Labute approximate surface area is 147 Å². The zero-order valence-electron chi connectivity index (χ0n) is 14.6. The van der Waals surface area contributed by atoms with Crippen molar-refractivity contribution in [2.75, 3.05) is 6.54 Å². The molecule has 6 heteroatoms. The van der Waals surface area contributed by atoms with Crippen molar-refractivity contribution in [3.05, 3.63) is 45.9 Å². The number of nitrogens with zero attached hydrogens (tertiary/aromatic N) is 3. The third kappa shape index (κ3) is 3.43. The largest absolute Gasteiger partial charge is 0.331 e. The number of benzene rings is 1. The molecular formula is C18H24N4OS. The number of amides is 2. The van der Waals surface area contributed by atoms with Gasteiger partial charge in [0.2, 0.25) is 0 Å². The van der Waals surface area contributed by atoms with Crippen LogP contribution in [0.3, 0.4) is 0 Å². The SMILES string of the molecule is CC1CN(C(=O)NCc2nnc(C(C)(C)C)s2)C1c1ccccc1. The second-order valence-corrected chi connectivity index (χ2v) is 8.46.